The summed E-state index contributed by atoms with van der Waals surface area (Å²) in [5.74, 6) is -0.804. The van der Waals surface area contributed by atoms with Gasteiger partial charge < -0.3 is 14.7 Å². The predicted molar refractivity (Wildman–Crippen MR) is 70.4 cm³/mol. The zero-order valence-electron chi connectivity index (χ0n) is 10.6. The number of hydrogen-bond acceptors (Lipinski definition) is 5. The molecule has 0 amide bonds. The molecule has 2 rings (SSSR count). The molecule has 1 N–H and O–H groups in total. The first-order valence-electron chi connectivity index (χ1n) is 6.18. The van der Waals surface area contributed by atoms with Gasteiger partial charge >= 0.3 is 5.97 Å². The maximum Gasteiger partial charge on any atom is 0.311 e. The molecular weight excluding hydrogens is 270 g/mol. The van der Waals surface area contributed by atoms with Crippen LogP contribution in [-0.2, 0) is 9.53 Å². The van der Waals surface area contributed by atoms with E-state index in [4.69, 9.17) is 16.3 Å². The number of halogens is 1. The largest absolute Gasteiger partial charge is 0.481 e. The lowest BCUT2D eigenvalue weighted by atomic mass is 10.0. The maximum atomic E-state index is 11.3. The Morgan fingerprint density at radius 1 is 1.58 bits per heavy atom. The minimum atomic E-state index is -0.849. The number of rotatable bonds is 5. The third-order valence-corrected chi connectivity index (χ3v) is 3.30. The van der Waals surface area contributed by atoms with Gasteiger partial charge in [-0.3, -0.25) is 9.78 Å². The van der Waals surface area contributed by atoms with Crippen molar-refractivity contribution >= 4 is 23.4 Å². The number of nitrogens with zero attached hydrogens (tertiary/aromatic N) is 3. The molecule has 0 aliphatic carbocycles. The van der Waals surface area contributed by atoms with Crippen molar-refractivity contribution < 1.29 is 14.6 Å². The Labute approximate surface area is 116 Å². The molecule has 1 saturated heterocycles. The maximum absolute atomic E-state index is 11.3. The average molecular weight is 286 g/mol. The van der Waals surface area contributed by atoms with E-state index >= 15 is 0 Å². The van der Waals surface area contributed by atoms with Gasteiger partial charge in [0.2, 0.25) is 0 Å². The Hall–Kier alpha value is -1.40. The van der Waals surface area contributed by atoms with Crippen molar-refractivity contribution in [2.24, 2.45) is 5.92 Å². The minimum absolute atomic E-state index is 0.230. The van der Waals surface area contributed by atoms with Crippen molar-refractivity contribution in [2.75, 3.05) is 24.7 Å². The van der Waals surface area contributed by atoms with E-state index < -0.39 is 11.9 Å². The first-order chi connectivity index (χ1) is 9.13. The molecule has 1 aliphatic rings. The molecule has 0 spiro atoms. The molecule has 104 valence electrons. The van der Waals surface area contributed by atoms with Crippen LogP contribution in [0.15, 0.2) is 12.4 Å². The molecule has 1 fully saturated rings. The fraction of sp³-hybridized carbons (Fsp3) is 0.583. The summed E-state index contributed by atoms with van der Waals surface area (Å²) in [6.45, 7) is 3.32. The molecule has 2 atom stereocenters. The van der Waals surface area contributed by atoms with Crippen LogP contribution in [0.5, 0.6) is 0 Å². The molecule has 0 radical (unpaired) electrons. The molecule has 0 saturated carbocycles. The Morgan fingerprint density at radius 3 is 3.00 bits per heavy atom. The molecule has 1 aromatic heterocycles. The Morgan fingerprint density at radius 2 is 2.37 bits per heavy atom. The number of carboxylic acid groups (broad SMARTS) is 1. The molecule has 19 heavy (non-hydrogen) atoms. The monoisotopic (exact) mass is 285 g/mol. The van der Waals surface area contributed by atoms with Gasteiger partial charge in [0.15, 0.2) is 0 Å². The van der Waals surface area contributed by atoms with Crippen molar-refractivity contribution in [3.05, 3.63) is 17.5 Å². The van der Waals surface area contributed by atoms with Crippen LogP contribution in [-0.4, -0.2) is 46.8 Å². The summed E-state index contributed by atoms with van der Waals surface area (Å²) in [6.07, 6.45) is 3.92. The minimum Gasteiger partial charge on any atom is -0.481 e. The Balaban J connectivity index is 2.27. The molecule has 6 nitrogen and oxygen atoms in total. The highest BCUT2D eigenvalue weighted by atomic mass is 35.5. The van der Waals surface area contributed by atoms with E-state index in [1.807, 2.05) is 11.8 Å². The second kappa shape index (κ2) is 6.16. The van der Waals surface area contributed by atoms with Gasteiger partial charge in [0.25, 0.3) is 0 Å². The second-order valence-corrected chi connectivity index (χ2v) is 4.83. The van der Waals surface area contributed by atoms with Gasteiger partial charge in [-0.15, -0.1) is 0 Å². The van der Waals surface area contributed by atoms with Crippen LogP contribution >= 0.6 is 11.6 Å². The molecule has 2 unspecified atom stereocenters. The van der Waals surface area contributed by atoms with Gasteiger partial charge in [-0.05, 0) is 6.42 Å². The van der Waals surface area contributed by atoms with Crippen LogP contribution in [0, 0.1) is 5.92 Å². The number of ether oxygens (including phenoxy) is 1. The molecule has 0 aromatic carbocycles. The van der Waals surface area contributed by atoms with Gasteiger partial charge in [-0.2, -0.15) is 0 Å². The molecule has 1 aliphatic heterocycles. The zero-order valence-corrected chi connectivity index (χ0v) is 11.4. The van der Waals surface area contributed by atoms with Crippen LogP contribution in [0.2, 0.25) is 5.15 Å². The number of anilines is 1. The molecule has 1 aromatic rings. The first-order valence-corrected chi connectivity index (χ1v) is 6.56. The highest BCUT2D eigenvalue weighted by molar-refractivity contribution is 6.29. The quantitative estimate of drug-likeness (QED) is 0.882. The van der Waals surface area contributed by atoms with Crippen LogP contribution < -0.4 is 4.90 Å². The van der Waals surface area contributed by atoms with E-state index in [9.17, 15) is 9.90 Å². The molecular formula is C12H16ClN3O3. The van der Waals surface area contributed by atoms with Gasteiger partial charge in [0.05, 0.1) is 31.6 Å². The highest BCUT2D eigenvalue weighted by Crippen LogP contribution is 2.25. The van der Waals surface area contributed by atoms with E-state index in [0.29, 0.717) is 24.1 Å². The van der Waals surface area contributed by atoms with Crippen LogP contribution in [0.3, 0.4) is 0 Å². The predicted octanol–water partition coefficient (Wildman–Crippen LogP) is 1.45. The van der Waals surface area contributed by atoms with Gasteiger partial charge in [0.1, 0.15) is 16.9 Å². The number of carboxylic acids is 1. The highest BCUT2D eigenvalue weighted by Gasteiger charge is 2.38. The second-order valence-electron chi connectivity index (χ2n) is 4.44. The fourth-order valence-corrected chi connectivity index (χ4v) is 2.39. The van der Waals surface area contributed by atoms with E-state index in [2.05, 4.69) is 9.97 Å². The molecule has 7 heteroatoms. The third kappa shape index (κ3) is 3.13. The summed E-state index contributed by atoms with van der Waals surface area (Å²) in [5, 5.41) is 9.53. The van der Waals surface area contributed by atoms with Crippen molar-refractivity contribution in [3.8, 4) is 0 Å². The standard InChI is InChI=1S/C12H16ClN3O3/c1-2-3-16(11-5-14-4-10(13)15-11)9-7-19-6-8(9)12(17)18/h4-5,8-9H,2-3,6-7H2,1H3,(H,17,18). The fourth-order valence-electron chi connectivity index (χ4n) is 2.25. The SMILES string of the molecule is CCCN(c1cncc(Cl)n1)C1COCC1C(=O)O. The summed E-state index contributed by atoms with van der Waals surface area (Å²) in [4.78, 5) is 21.4. The lowest BCUT2D eigenvalue weighted by Crippen LogP contribution is -2.44. The van der Waals surface area contributed by atoms with Gasteiger partial charge in [-0.25, -0.2) is 4.98 Å². The van der Waals surface area contributed by atoms with E-state index in [1.54, 1.807) is 6.20 Å². The van der Waals surface area contributed by atoms with E-state index in [0.717, 1.165) is 6.42 Å². The first kappa shape index (κ1) is 14.0. The number of carbonyl (C=O) groups is 1. The number of hydrogen-bond donors (Lipinski definition) is 1. The van der Waals surface area contributed by atoms with Crippen molar-refractivity contribution in [1.29, 1.82) is 0 Å². The van der Waals surface area contributed by atoms with E-state index in [1.165, 1.54) is 6.20 Å². The van der Waals surface area contributed by atoms with Crippen molar-refractivity contribution in [3.63, 3.8) is 0 Å². The average Bonchev–Trinajstić information content (AvgIpc) is 2.85. The normalized spacial score (nSPS) is 22.4. The van der Waals surface area contributed by atoms with Crippen molar-refractivity contribution in [2.45, 2.75) is 19.4 Å². The summed E-state index contributed by atoms with van der Waals surface area (Å²) in [5.41, 5.74) is 0. The van der Waals surface area contributed by atoms with Gasteiger partial charge in [0, 0.05) is 6.54 Å². The topological polar surface area (TPSA) is 75.5 Å². The Bertz CT molecular complexity index is 458. The third-order valence-electron chi connectivity index (χ3n) is 3.12. The molecule has 0 bridgehead atoms. The van der Waals surface area contributed by atoms with Crippen molar-refractivity contribution in [1.82, 2.24) is 9.97 Å². The number of aromatic nitrogens is 2. The number of aliphatic carboxylic acids is 1. The molecule has 2 heterocycles. The lowest BCUT2D eigenvalue weighted by molar-refractivity contribution is -0.141. The summed E-state index contributed by atoms with van der Waals surface area (Å²) >= 11 is 5.85. The van der Waals surface area contributed by atoms with Gasteiger partial charge in [-0.1, -0.05) is 18.5 Å². The van der Waals surface area contributed by atoms with Crippen LogP contribution in [0.4, 0.5) is 5.82 Å². The zero-order chi connectivity index (χ0) is 13.8. The summed E-state index contributed by atoms with van der Waals surface area (Å²) in [7, 11) is 0. The summed E-state index contributed by atoms with van der Waals surface area (Å²) < 4.78 is 5.31. The van der Waals surface area contributed by atoms with Crippen LogP contribution in [0.25, 0.3) is 0 Å². The lowest BCUT2D eigenvalue weighted by Gasteiger charge is -2.30. The smallest absolute Gasteiger partial charge is 0.311 e. The Kier molecular flexibility index (Phi) is 4.55. The summed E-state index contributed by atoms with van der Waals surface area (Å²) in [6, 6.07) is -0.231. The van der Waals surface area contributed by atoms with Crippen LogP contribution in [0.1, 0.15) is 13.3 Å². The van der Waals surface area contributed by atoms with E-state index in [-0.39, 0.29) is 12.6 Å².